The summed E-state index contributed by atoms with van der Waals surface area (Å²) >= 11 is 4.19. The SMILES string of the molecule is CCCCCCC[C@@H](CCCC)OCCCNCCS. The van der Waals surface area contributed by atoms with Crippen molar-refractivity contribution < 1.29 is 4.74 Å². The van der Waals surface area contributed by atoms with Gasteiger partial charge in [-0.3, -0.25) is 0 Å². The predicted molar refractivity (Wildman–Crippen MR) is 94.0 cm³/mol. The lowest BCUT2D eigenvalue weighted by Gasteiger charge is -2.18. The molecule has 0 spiro atoms. The monoisotopic (exact) mass is 303 g/mol. The molecule has 0 saturated heterocycles. The van der Waals surface area contributed by atoms with Crippen molar-refractivity contribution >= 4 is 12.6 Å². The topological polar surface area (TPSA) is 21.3 Å². The minimum atomic E-state index is 0.501. The maximum atomic E-state index is 6.07. The molecule has 0 aromatic heterocycles. The Bertz CT molecular complexity index is 178. The fourth-order valence-corrected chi connectivity index (χ4v) is 2.53. The van der Waals surface area contributed by atoms with E-state index in [0.29, 0.717) is 6.10 Å². The summed E-state index contributed by atoms with van der Waals surface area (Å²) in [4.78, 5) is 0. The molecule has 0 saturated carbocycles. The van der Waals surface area contributed by atoms with E-state index in [2.05, 4.69) is 31.8 Å². The molecule has 0 fully saturated rings. The molecule has 20 heavy (non-hydrogen) atoms. The van der Waals surface area contributed by atoms with Gasteiger partial charge in [0, 0.05) is 18.9 Å². The second-order valence-corrected chi connectivity index (χ2v) is 6.11. The van der Waals surface area contributed by atoms with E-state index in [0.717, 1.165) is 31.9 Å². The van der Waals surface area contributed by atoms with Gasteiger partial charge < -0.3 is 10.1 Å². The van der Waals surface area contributed by atoms with Crippen molar-refractivity contribution in [2.45, 2.75) is 84.2 Å². The van der Waals surface area contributed by atoms with Crippen molar-refractivity contribution in [3.8, 4) is 0 Å². The van der Waals surface area contributed by atoms with Crippen molar-refractivity contribution in [3.05, 3.63) is 0 Å². The molecule has 1 atom stereocenters. The second kappa shape index (κ2) is 17.3. The van der Waals surface area contributed by atoms with Crippen molar-refractivity contribution in [1.29, 1.82) is 0 Å². The molecule has 0 rings (SSSR count). The molecular weight excluding hydrogens is 266 g/mol. The van der Waals surface area contributed by atoms with Crippen LogP contribution in [0.1, 0.15) is 78.1 Å². The molecule has 0 aromatic rings. The normalized spacial score (nSPS) is 12.8. The van der Waals surface area contributed by atoms with E-state index in [9.17, 15) is 0 Å². The highest BCUT2D eigenvalue weighted by Crippen LogP contribution is 2.14. The molecule has 0 amide bonds. The minimum absolute atomic E-state index is 0.501. The summed E-state index contributed by atoms with van der Waals surface area (Å²) in [6.45, 7) is 7.49. The lowest BCUT2D eigenvalue weighted by atomic mass is 10.0. The van der Waals surface area contributed by atoms with Gasteiger partial charge in [-0.1, -0.05) is 58.8 Å². The van der Waals surface area contributed by atoms with Crippen LogP contribution in [0.5, 0.6) is 0 Å². The Hall–Kier alpha value is 0.270. The number of hydrogen-bond acceptors (Lipinski definition) is 3. The first kappa shape index (κ1) is 20.3. The van der Waals surface area contributed by atoms with E-state index in [-0.39, 0.29) is 0 Å². The zero-order chi connectivity index (χ0) is 14.9. The molecule has 0 aliphatic carbocycles. The maximum Gasteiger partial charge on any atom is 0.0575 e. The van der Waals surface area contributed by atoms with Crippen LogP contribution in [0, 0.1) is 0 Å². The maximum absolute atomic E-state index is 6.07. The molecule has 0 aliphatic heterocycles. The molecule has 0 unspecified atom stereocenters. The van der Waals surface area contributed by atoms with Crippen LogP contribution in [0.3, 0.4) is 0 Å². The summed E-state index contributed by atoms with van der Waals surface area (Å²) in [5.74, 6) is 0.914. The van der Waals surface area contributed by atoms with Gasteiger partial charge in [-0.2, -0.15) is 12.6 Å². The van der Waals surface area contributed by atoms with Gasteiger partial charge in [0.2, 0.25) is 0 Å². The van der Waals surface area contributed by atoms with Gasteiger partial charge in [-0.15, -0.1) is 0 Å². The molecule has 0 heterocycles. The molecule has 0 aromatic carbocycles. The third-order valence-corrected chi connectivity index (χ3v) is 3.87. The first-order chi connectivity index (χ1) is 9.85. The first-order valence-corrected chi connectivity index (χ1v) is 9.41. The Morgan fingerprint density at radius 3 is 2.25 bits per heavy atom. The van der Waals surface area contributed by atoms with Crippen molar-refractivity contribution in [2.24, 2.45) is 0 Å². The largest absolute Gasteiger partial charge is 0.378 e. The highest BCUT2D eigenvalue weighted by Gasteiger charge is 2.08. The third-order valence-electron chi connectivity index (χ3n) is 3.65. The van der Waals surface area contributed by atoms with Gasteiger partial charge in [0.25, 0.3) is 0 Å². The van der Waals surface area contributed by atoms with Crippen molar-refractivity contribution in [1.82, 2.24) is 5.32 Å². The highest BCUT2D eigenvalue weighted by molar-refractivity contribution is 7.80. The van der Waals surface area contributed by atoms with E-state index in [1.807, 2.05) is 0 Å². The number of rotatable bonds is 16. The Balaban J connectivity index is 3.56. The Morgan fingerprint density at radius 1 is 0.850 bits per heavy atom. The molecule has 2 nitrogen and oxygen atoms in total. The summed E-state index contributed by atoms with van der Waals surface area (Å²) < 4.78 is 6.07. The van der Waals surface area contributed by atoms with Crippen LogP contribution in [0.15, 0.2) is 0 Å². The molecular formula is C17H37NOS. The predicted octanol–water partition coefficient (Wildman–Crippen LogP) is 4.83. The summed E-state index contributed by atoms with van der Waals surface area (Å²) in [5.41, 5.74) is 0. The van der Waals surface area contributed by atoms with Gasteiger partial charge in [-0.25, -0.2) is 0 Å². The Labute approximate surface area is 132 Å². The Morgan fingerprint density at radius 2 is 1.55 bits per heavy atom. The average Bonchev–Trinajstić information content (AvgIpc) is 2.47. The standard InChI is InChI=1S/C17H37NOS/c1-3-5-7-8-9-12-17(11-6-4-2)19-15-10-13-18-14-16-20/h17-18,20H,3-16H2,1-2H3/t17-/m1/s1. The lowest BCUT2D eigenvalue weighted by molar-refractivity contribution is 0.0372. The van der Waals surface area contributed by atoms with Gasteiger partial charge in [0.05, 0.1) is 6.10 Å². The van der Waals surface area contributed by atoms with Crippen molar-refractivity contribution in [3.63, 3.8) is 0 Å². The Kier molecular flexibility index (Phi) is 17.6. The summed E-state index contributed by atoms with van der Waals surface area (Å²) in [7, 11) is 0. The van der Waals surface area contributed by atoms with Crippen LogP contribution >= 0.6 is 12.6 Å². The molecule has 122 valence electrons. The minimum Gasteiger partial charge on any atom is -0.378 e. The van der Waals surface area contributed by atoms with Crippen molar-refractivity contribution in [2.75, 3.05) is 25.4 Å². The third kappa shape index (κ3) is 14.7. The summed E-state index contributed by atoms with van der Waals surface area (Å²) in [6, 6.07) is 0. The number of nitrogens with one attached hydrogen (secondary N) is 1. The van der Waals surface area contributed by atoms with Crippen LogP contribution in [0.4, 0.5) is 0 Å². The van der Waals surface area contributed by atoms with Crippen LogP contribution in [0.2, 0.25) is 0 Å². The number of thiol groups is 1. The summed E-state index contributed by atoms with van der Waals surface area (Å²) in [5, 5.41) is 3.36. The number of ether oxygens (including phenoxy) is 1. The van der Waals surface area contributed by atoms with E-state index in [1.165, 1.54) is 57.8 Å². The smallest absolute Gasteiger partial charge is 0.0575 e. The number of unbranched alkanes of at least 4 members (excludes halogenated alkanes) is 5. The fraction of sp³-hybridized carbons (Fsp3) is 1.00. The zero-order valence-electron chi connectivity index (χ0n) is 13.8. The first-order valence-electron chi connectivity index (χ1n) is 8.78. The lowest BCUT2D eigenvalue weighted by Crippen LogP contribution is -2.21. The van der Waals surface area contributed by atoms with E-state index in [1.54, 1.807) is 0 Å². The highest BCUT2D eigenvalue weighted by atomic mass is 32.1. The molecule has 0 bridgehead atoms. The average molecular weight is 304 g/mol. The quantitative estimate of drug-likeness (QED) is 0.315. The fourth-order valence-electron chi connectivity index (χ4n) is 2.37. The molecule has 0 aliphatic rings. The molecule has 1 N–H and O–H groups in total. The van der Waals surface area contributed by atoms with E-state index < -0.39 is 0 Å². The molecule has 3 heteroatoms. The van der Waals surface area contributed by atoms with Gasteiger partial charge in [0.1, 0.15) is 0 Å². The van der Waals surface area contributed by atoms with Crippen LogP contribution < -0.4 is 5.32 Å². The van der Waals surface area contributed by atoms with Crippen LogP contribution in [0.25, 0.3) is 0 Å². The van der Waals surface area contributed by atoms with Gasteiger partial charge in [0.15, 0.2) is 0 Å². The van der Waals surface area contributed by atoms with Gasteiger partial charge >= 0.3 is 0 Å². The van der Waals surface area contributed by atoms with Gasteiger partial charge in [-0.05, 0) is 25.8 Å². The van der Waals surface area contributed by atoms with E-state index >= 15 is 0 Å². The molecule has 0 radical (unpaired) electrons. The summed E-state index contributed by atoms with van der Waals surface area (Å²) in [6.07, 6.45) is 13.5. The number of hydrogen-bond donors (Lipinski definition) is 2. The zero-order valence-corrected chi connectivity index (χ0v) is 14.7. The second-order valence-electron chi connectivity index (χ2n) is 5.67. The van der Waals surface area contributed by atoms with Crippen LogP contribution in [-0.2, 0) is 4.74 Å². The van der Waals surface area contributed by atoms with Crippen LogP contribution in [-0.4, -0.2) is 31.6 Å². The van der Waals surface area contributed by atoms with E-state index in [4.69, 9.17) is 4.74 Å².